The third-order valence-corrected chi connectivity index (χ3v) is 1.99. The maximum absolute atomic E-state index is 12.9. The van der Waals surface area contributed by atoms with Crippen LogP contribution in [0.1, 0.15) is 10.4 Å². The number of aromatic hydroxyl groups is 1. The molecule has 0 aromatic heterocycles. The van der Waals surface area contributed by atoms with Crippen LogP contribution in [0, 0.1) is 11.6 Å². The van der Waals surface area contributed by atoms with Crippen molar-refractivity contribution in [1.29, 1.82) is 0 Å². The Labute approximate surface area is 79.7 Å². The van der Waals surface area contributed by atoms with Crippen LogP contribution in [0.3, 0.4) is 0 Å². The topological polar surface area (TPSA) is 57.5 Å². The molecule has 2 N–H and O–H groups in total. The van der Waals surface area contributed by atoms with E-state index in [2.05, 4.69) is 15.9 Å². The van der Waals surface area contributed by atoms with Crippen LogP contribution in [0.5, 0.6) is 5.75 Å². The van der Waals surface area contributed by atoms with Crippen molar-refractivity contribution >= 4 is 21.9 Å². The number of benzene rings is 1. The van der Waals surface area contributed by atoms with Crippen LogP contribution < -0.4 is 0 Å². The molecule has 0 saturated heterocycles. The molecule has 0 amide bonds. The van der Waals surface area contributed by atoms with Gasteiger partial charge in [-0.25, -0.2) is 13.6 Å². The molecule has 6 heteroatoms. The van der Waals surface area contributed by atoms with Gasteiger partial charge in [-0.15, -0.1) is 0 Å². The first-order valence-electron chi connectivity index (χ1n) is 3.05. The molecule has 0 radical (unpaired) electrons. The fourth-order valence-electron chi connectivity index (χ4n) is 0.776. The molecule has 70 valence electrons. The Morgan fingerprint density at radius 3 is 2.46 bits per heavy atom. The standard InChI is InChI=1S/C7H3BrF2O3/c8-2-1-3(9)6(11)5(10)4(2)7(12)13/h1,11H,(H,12,13). The van der Waals surface area contributed by atoms with Gasteiger partial charge >= 0.3 is 5.97 Å². The Balaban J connectivity index is 3.53. The summed E-state index contributed by atoms with van der Waals surface area (Å²) in [6.45, 7) is 0. The molecule has 1 aromatic rings. The average molecular weight is 253 g/mol. The monoisotopic (exact) mass is 252 g/mol. The molecule has 0 unspecified atom stereocenters. The smallest absolute Gasteiger partial charge is 0.340 e. The number of carboxylic acid groups (broad SMARTS) is 1. The van der Waals surface area contributed by atoms with E-state index in [9.17, 15) is 13.6 Å². The lowest BCUT2D eigenvalue weighted by Gasteiger charge is -2.03. The SMILES string of the molecule is O=C(O)c1c(Br)cc(F)c(O)c1F. The highest BCUT2D eigenvalue weighted by Crippen LogP contribution is 2.29. The molecule has 0 heterocycles. The number of carbonyl (C=O) groups is 1. The molecular weight excluding hydrogens is 250 g/mol. The molecule has 1 aromatic carbocycles. The third kappa shape index (κ3) is 1.62. The van der Waals surface area contributed by atoms with Crippen LogP contribution in [0.2, 0.25) is 0 Å². The molecule has 1 rings (SSSR count). The predicted octanol–water partition coefficient (Wildman–Crippen LogP) is 2.13. The van der Waals surface area contributed by atoms with Gasteiger partial charge < -0.3 is 10.2 Å². The second kappa shape index (κ2) is 3.29. The summed E-state index contributed by atoms with van der Waals surface area (Å²) in [5.74, 6) is -5.57. The number of phenolic OH excluding ortho intramolecular Hbond substituents is 1. The largest absolute Gasteiger partial charge is 0.503 e. The van der Waals surface area contributed by atoms with E-state index in [1.54, 1.807) is 0 Å². The van der Waals surface area contributed by atoms with Crippen molar-refractivity contribution < 1.29 is 23.8 Å². The minimum absolute atomic E-state index is 0.257. The van der Waals surface area contributed by atoms with E-state index < -0.39 is 28.9 Å². The number of hydrogen-bond donors (Lipinski definition) is 2. The zero-order valence-electron chi connectivity index (χ0n) is 6.01. The van der Waals surface area contributed by atoms with Crippen molar-refractivity contribution in [1.82, 2.24) is 0 Å². The summed E-state index contributed by atoms with van der Waals surface area (Å²) in [6.07, 6.45) is 0. The summed E-state index contributed by atoms with van der Waals surface area (Å²) in [5, 5.41) is 17.2. The number of halogens is 3. The van der Waals surface area contributed by atoms with Crippen LogP contribution in [0.25, 0.3) is 0 Å². The fraction of sp³-hybridized carbons (Fsp3) is 0. The highest BCUT2D eigenvalue weighted by molar-refractivity contribution is 9.10. The highest BCUT2D eigenvalue weighted by Gasteiger charge is 2.21. The Bertz CT molecular complexity index is 378. The number of rotatable bonds is 1. The van der Waals surface area contributed by atoms with Gasteiger partial charge in [0.05, 0.1) is 0 Å². The lowest BCUT2D eigenvalue weighted by Crippen LogP contribution is -2.03. The zero-order valence-corrected chi connectivity index (χ0v) is 7.60. The van der Waals surface area contributed by atoms with E-state index in [1.807, 2.05) is 0 Å². The molecular formula is C7H3BrF2O3. The molecule has 0 saturated carbocycles. The number of carboxylic acids is 1. The van der Waals surface area contributed by atoms with E-state index in [0.717, 1.165) is 0 Å². The summed E-state index contributed by atoms with van der Waals surface area (Å²) in [6, 6.07) is 0.682. The Morgan fingerprint density at radius 2 is 2.00 bits per heavy atom. The van der Waals surface area contributed by atoms with E-state index >= 15 is 0 Å². The molecule has 0 spiro atoms. The Hall–Kier alpha value is -1.17. The first-order valence-corrected chi connectivity index (χ1v) is 3.84. The number of hydrogen-bond acceptors (Lipinski definition) is 2. The van der Waals surface area contributed by atoms with Gasteiger partial charge in [0.1, 0.15) is 5.56 Å². The molecule has 3 nitrogen and oxygen atoms in total. The summed E-state index contributed by atoms with van der Waals surface area (Å²) >= 11 is 2.66. The van der Waals surface area contributed by atoms with Crippen LogP contribution >= 0.6 is 15.9 Å². The van der Waals surface area contributed by atoms with Gasteiger partial charge in [-0.05, 0) is 22.0 Å². The maximum atomic E-state index is 12.9. The quantitative estimate of drug-likeness (QED) is 0.805. The van der Waals surface area contributed by atoms with Crippen molar-refractivity contribution in [2.24, 2.45) is 0 Å². The molecule has 0 bridgehead atoms. The van der Waals surface area contributed by atoms with E-state index in [4.69, 9.17) is 10.2 Å². The summed E-state index contributed by atoms with van der Waals surface area (Å²) in [5.41, 5.74) is -0.793. The molecule has 0 aliphatic heterocycles. The van der Waals surface area contributed by atoms with Crippen LogP contribution in [-0.2, 0) is 0 Å². The minimum atomic E-state index is -1.58. The van der Waals surface area contributed by atoms with Gasteiger partial charge in [0.15, 0.2) is 17.4 Å². The first kappa shape index (κ1) is 9.91. The lowest BCUT2D eigenvalue weighted by molar-refractivity contribution is 0.0689. The van der Waals surface area contributed by atoms with Crippen LogP contribution in [0.15, 0.2) is 10.5 Å². The van der Waals surface area contributed by atoms with Gasteiger partial charge in [-0.2, -0.15) is 0 Å². The van der Waals surface area contributed by atoms with Gasteiger partial charge in [-0.3, -0.25) is 0 Å². The molecule has 0 aliphatic rings. The summed E-state index contributed by atoms with van der Waals surface area (Å²) in [4.78, 5) is 10.4. The first-order chi connectivity index (χ1) is 5.95. The highest BCUT2D eigenvalue weighted by atomic mass is 79.9. The Kier molecular flexibility index (Phi) is 2.51. The molecule has 13 heavy (non-hydrogen) atoms. The second-order valence-corrected chi connectivity index (χ2v) is 3.04. The van der Waals surface area contributed by atoms with Crippen molar-refractivity contribution in [2.45, 2.75) is 0 Å². The van der Waals surface area contributed by atoms with Crippen molar-refractivity contribution in [2.75, 3.05) is 0 Å². The number of phenols is 1. The summed E-state index contributed by atoms with van der Waals surface area (Å²) in [7, 11) is 0. The fourth-order valence-corrected chi connectivity index (χ4v) is 1.32. The average Bonchev–Trinajstić information content (AvgIpc) is 1.99. The van der Waals surface area contributed by atoms with Gasteiger partial charge in [-0.1, -0.05) is 0 Å². The minimum Gasteiger partial charge on any atom is -0.503 e. The molecule has 0 fully saturated rings. The van der Waals surface area contributed by atoms with E-state index in [0.29, 0.717) is 6.07 Å². The maximum Gasteiger partial charge on any atom is 0.340 e. The van der Waals surface area contributed by atoms with Crippen LogP contribution in [0.4, 0.5) is 8.78 Å². The zero-order chi connectivity index (χ0) is 10.2. The second-order valence-electron chi connectivity index (χ2n) is 2.18. The van der Waals surface area contributed by atoms with Gasteiger partial charge in [0.25, 0.3) is 0 Å². The predicted molar refractivity (Wildman–Crippen MR) is 42.7 cm³/mol. The molecule has 0 aliphatic carbocycles. The van der Waals surface area contributed by atoms with Crippen molar-refractivity contribution in [3.63, 3.8) is 0 Å². The van der Waals surface area contributed by atoms with Crippen LogP contribution in [-0.4, -0.2) is 16.2 Å². The van der Waals surface area contributed by atoms with E-state index in [-0.39, 0.29) is 4.47 Å². The normalized spacial score (nSPS) is 10.1. The van der Waals surface area contributed by atoms with Crippen molar-refractivity contribution in [3.05, 3.63) is 27.7 Å². The Morgan fingerprint density at radius 1 is 1.46 bits per heavy atom. The van der Waals surface area contributed by atoms with Crippen molar-refractivity contribution in [3.8, 4) is 5.75 Å². The lowest BCUT2D eigenvalue weighted by atomic mass is 10.2. The summed E-state index contributed by atoms with van der Waals surface area (Å²) < 4.78 is 25.2. The van der Waals surface area contributed by atoms with E-state index in [1.165, 1.54) is 0 Å². The number of aromatic carboxylic acids is 1. The molecule has 0 atom stereocenters. The third-order valence-electron chi connectivity index (χ3n) is 1.36. The van der Waals surface area contributed by atoms with Gasteiger partial charge in [0, 0.05) is 4.47 Å². The van der Waals surface area contributed by atoms with Gasteiger partial charge in [0.2, 0.25) is 0 Å².